The average Bonchev–Trinajstić information content (AvgIpc) is 2.36. The van der Waals surface area contributed by atoms with Crippen LogP contribution in [-0.4, -0.2) is 16.9 Å². The fourth-order valence-electron chi connectivity index (χ4n) is 1.59. The summed E-state index contributed by atoms with van der Waals surface area (Å²) in [6.07, 6.45) is 6.24. The van der Waals surface area contributed by atoms with Crippen molar-refractivity contribution in [2.24, 2.45) is 5.73 Å². The van der Waals surface area contributed by atoms with E-state index in [1.807, 2.05) is 19.1 Å². The zero-order valence-electron chi connectivity index (χ0n) is 10.5. The lowest BCUT2D eigenvalue weighted by Gasteiger charge is -2.17. The second kappa shape index (κ2) is 7.01. The maximum absolute atomic E-state index is 11.8. The molecule has 94 valence electrons. The fraction of sp³-hybridized carbons (Fsp3) is 0.538. The van der Waals surface area contributed by atoms with Gasteiger partial charge < -0.3 is 11.1 Å². The van der Waals surface area contributed by atoms with E-state index in [-0.39, 0.29) is 11.9 Å². The predicted molar refractivity (Wildman–Crippen MR) is 68.3 cm³/mol. The molecule has 0 spiro atoms. The van der Waals surface area contributed by atoms with E-state index in [1.54, 1.807) is 12.4 Å². The fourth-order valence-corrected chi connectivity index (χ4v) is 1.59. The normalized spacial score (nSPS) is 14.1. The first-order chi connectivity index (χ1) is 8.15. The van der Waals surface area contributed by atoms with E-state index in [2.05, 4.69) is 17.2 Å². The van der Waals surface area contributed by atoms with E-state index in [0.717, 1.165) is 24.8 Å². The van der Waals surface area contributed by atoms with Gasteiger partial charge in [0.05, 0.1) is 12.1 Å². The molecule has 0 aromatic carbocycles. The second-order valence-electron chi connectivity index (χ2n) is 4.27. The Morgan fingerprint density at radius 1 is 1.59 bits per heavy atom. The van der Waals surface area contributed by atoms with Gasteiger partial charge in [0.1, 0.15) is 0 Å². The number of nitrogens with two attached hydrogens (primary N) is 1. The average molecular weight is 235 g/mol. The van der Waals surface area contributed by atoms with Crippen LogP contribution in [0.4, 0.5) is 0 Å². The third-order valence-electron chi connectivity index (χ3n) is 2.75. The minimum absolute atomic E-state index is 0.0520. The number of carbonyl (C=O) groups is 1. The third-order valence-corrected chi connectivity index (χ3v) is 2.75. The van der Waals surface area contributed by atoms with Crippen molar-refractivity contribution in [2.75, 3.05) is 0 Å². The molecule has 17 heavy (non-hydrogen) atoms. The zero-order chi connectivity index (χ0) is 12.7. The van der Waals surface area contributed by atoms with Gasteiger partial charge in [-0.1, -0.05) is 25.8 Å². The second-order valence-corrected chi connectivity index (χ2v) is 4.27. The first-order valence-corrected chi connectivity index (χ1v) is 6.11. The number of nitrogens with zero attached hydrogens (tertiary/aromatic N) is 1. The highest BCUT2D eigenvalue weighted by Crippen LogP contribution is 2.10. The van der Waals surface area contributed by atoms with Crippen molar-refractivity contribution in [2.45, 2.75) is 45.2 Å². The Kier molecular flexibility index (Phi) is 5.63. The molecule has 0 radical (unpaired) electrons. The van der Waals surface area contributed by atoms with Crippen LogP contribution in [0.25, 0.3) is 0 Å². The van der Waals surface area contributed by atoms with Crippen LogP contribution < -0.4 is 11.1 Å². The number of amides is 1. The van der Waals surface area contributed by atoms with Gasteiger partial charge in [-0.2, -0.15) is 0 Å². The Balaban J connectivity index is 2.46. The lowest BCUT2D eigenvalue weighted by molar-refractivity contribution is -0.123. The number of hydrogen-bond donors (Lipinski definition) is 2. The Hall–Kier alpha value is -1.42. The topological polar surface area (TPSA) is 68.0 Å². The van der Waals surface area contributed by atoms with Gasteiger partial charge in [-0.05, 0) is 25.0 Å². The molecule has 1 aromatic rings. The van der Waals surface area contributed by atoms with Crippen LogP contribution in [0.5, 0.6) is 0 Å². The lowest BCUT2D eigenvalue weighted by Crippen LogP contribution is -2.41. The van der Waals surface area contributed by atoms with Crippen LogP contribution >= 0.6 is 0 Å². The quantitative estimate of drug-likeness (QED) is 0.789. The highest BCUT2D eigenvalue weighted by Gasteiger charge is 2.15. The van der Waals surface area contributed by atoms with Gasteiger partial charge in [0.2, 0.25) is 5.91 Å². The minimum atomic E-state index is -0.408. The molecule has 1 unspecified atom stereocenters. The van der Waals surface area contributed by atoms with Gasteiger partial charge in [0, 0.05) is 12.4 Å². The summed E-state index contributed by atoms with van der Waals surface area (Å²) < 4.78 is 0. The first kappa shape index (κ1) is 13.6. The van der Waals surface area contributed by atoms with Gasteiger partial charge in [-0.3, -0.25) is 9.78 Å². The molecule has 1 amide bonds. The van der Waals surface area contributed by atoms with Crippen molar-refractivity contribution in [1.82, 2.24) is 10.3 Å². The van der Waals surface area contributed by atoms with Crippen molar-refractivity contribution in [3.8, 4) is 0 Å². The SMILES string of the molecule is CCCC[C@H](N)C(=O)NC(C)c1cccnc1. The predicted octanol–water partition coefficient (Wildman–Crippen LogP) is 1.78. The van der Waals surface area contributed by atoms with Crippen LogP contribution in [-0.2, 0) is 4.79 Å². The number of unbranched alkanes of at least 4 members (excludes halogenated alkanes) is 1. The molecular formula is C13H21N3O. The summed E-state index contributed by atoms with van der Waals surface area (Å²) in [5, 5.41) is 2.90. The molecule has 1 heterocycles. The van der Waals surface area contributed by atoms with Crippen LogP contribution in [0, 0.1) is 0 Å². The monoisotopic (exact) mass is 235 g/mol. The first-order valence-electron chi connectivity index (χ1n) is 6.11. The summed E-state index contributed by atoms with van der Waals surface area (Å²) in [6.45, 7) is 4.02. The van der Waals surface area contributed by atoms with Crippen molar-refractivity contribution >= 4 is 5.91 Å². The largest absolute Gasteiger partial charge is 0.348 e. The standard InChI is InChI=1S/C13H21N3O/c1-3-4-7-12(14)13(17)16-10(2)11-6-5-8-15-9-11/h5-6,8-10,12H,3-4,7,14H2,1-2H3,(H,16,17)/t10?,12-/m0/s1. The molecule has 0 aliphatic heterocycles. The van der Waals surface area contributed by atoms with E-state index in [9.17, 15) is 4.79 Å². The molecule has 2 atom stereocenters. The molecule has 3 N–H and O–H groups in total. The zero-order valence-corrected chi connectivity index (χ0v) is 10.5. The summed E-state index contributed by atoms with van der Waals surface area (Å²) >= 11 is 0. The molecule has 0 aliphatic rings. The number of hydrogen-bond acceptors (Lipinski definition) is 3. The van der Waals surface area contributed by atoms with Gasteiger partial charge in [-0.15, -0.1) is 0 Å². The lowest BCUT2D eigenvalue weighted by atomic mass is 10.1. The van der Waals surface area contributed by atoms with Gasteiger partial charge in [0.25, 0.3) is 0 Å². The Morgan fingerprint density at radius 3 is 2.94 bits per heavy atom. The molecule has 1 aromatic heterocycles. The van der Waals surface area contributed by atoms with Crippen LogP contribution in [0.3, 0.4) is 0 Å². The van der Waals surface area contributed by atoms with Crippen LogP contribution in [0.2, 0.25) is 0 Å². The van der Waals surface area contributed by atoms with E-state index in [1.165, 1.54) is 0 Å². The van der Waals surface area contributed by atoms with Crippen molar-refractivity contribution in [3.05, 3.63) is 30.1 Å². The molecule has 0 aliphatic carbocycles. The van der Waals surface area contributed by atoms with Crippen LogP contribution in [0.15, 0.2) is 24.5 Å². The third kappa shape index (κ3) is 4.53. The van der Waals surface area contributed by atoms with Crippen LogP contribution in [0.1, 0.15) is 44.7 Å². The summed E-state index contributed by atoms with van der Waals surface area (Å²) in [7, 11) is 0. The summed E-state index contributed by atoms with van der Waals surface area (Å²) in [5.74, 6) is -0.0881. The smallest absolute Gasteiger partial charge is 0.237 e. The number of nitrogens with one attached hydrogen (secondary N) is 1. The van der Waals surface area contributed by atoms with Gasteiger partial charge in [-0.25, -0.2) is 0 Å². The van der Waals surface area contributed by atoms with E-state index < -0.39 is 6.04 Å². The number of carbonyl (C=O) groups excluding carboxylic acids is 1. The summed E-state index contributed by atoms with van der Waals surface area (Å²) in [4.78, 5) is 15.8. The highest BCUT2D eigenvalue weighted by atomic mass is 16.2. The Bertz CT molecular complexity index is 340. The van der Waals surface area contributed by atoms with Gasteiger partial charge in [0.15, 0.2) is 0 Å². The van der Waals surface area contributed by atoms with Gasteiger partial charge >= 0.3 is 0 Å². The molecule has 0 saturated carbocycles. The van der Waals surface area contributed by atoms with Crippen molar-refractivity contribution in [3.63, 3.8) is 0 Å². The summed E-state index contributed by atoms with van der Waals surface area (Å²) in [6, 6.07) is 3.34. The number of aromatic nitrogens is 1. The molecule has 0 bridgehead atoms. The maximum atomic E-state index is 11.8. The molecule has 4 heteroatoms. The van der Waals surface area contributed by atoms with Crippen molar-refractivity contribution < 1.29 is 4.79 Å². The minimum Gasteiger partial charge on any atom is -0.348 e. The van der Waals surface area contributed by atoms with E-state index >= 15 is 0 Å². The highest BCUT2D eigenvalue weighted by molar-refractivity contribution is 5.81. The van der Waals surface area contributed by atoms with E-state index in [0.29, 0.717) is 0 Å². The Morgan fingerprint density at radius 2 is 2.35 bits per heavy atom. The summed E-state index contributed by atoms with van der Waals surface area (Å²) in [5.41, 5.74) is 6.79. The molecule has 1 rings (SSSR count). The van der Waals surface area contributed by atoms with Crippen molar-refractivity contribution in [1.29, 1.82) is 0 Å². The number of rotatable bonds is 6. The maximum Gasteiger partial charge on any atom is 0.237 e. The molecular weight excluding hydrogens is 214 g/mol. The number of pyridine rings is 1. The molecule has 4 nitrogen and oxygen atoms in total. The molecule has 0 fully saturated rings. The Labute approximate surface area is 103 Å². The van der Waals surface area contributed by atoms with E-state index in [4.69, 9.17) is 5.73 Å². The molecule has 0 saturated heterocycles.